The van der Waals surface area contributed by atoms with Crippen molar-refractivity contribution in [2.75, 3.05) is 32.7 Å². The summed E-state index contributed by atoms with van der Waals surface area (Å²) in [6.45, 7) is 1.34. The van der Waals surface area contributed by atoms with Gasteiger partial charge in [0.25, 0.3) is 0 Å². The van der Waals surface area contributed by atoms with Crippen molar-refractivity contribution in [3.63, 3.8) is 0 Å². The van der Waals surface area contributed by atoms with Crippen LogP contribution in [-0.4, -0.2) is 77.5 Å². The van der Waals surface area contributed by atoms with Gasteiger partial charge in [0.15, 0.2) is 0 Å². The lowest BCUT2D eigenvalue weighted by atomic mass is 10.1. The molecule has 2 saturated heterocycles. The Balaban J connectivity index is 2.12. The van der Waals surface area contributed by atoms with Gasteiger partial charge < -0.3 is 25.5 Å². The molecule has 0 aromatic rings. The highest BCUT2D eigenvalue weighted by Crippen LogP contribution is 2.13. The van der Waals surface area contributed by atoms with Crippen LogP contribution < -0.4 is 10.6 Å². The second-order valence-corrected chi connectivity index (χ2v) is 5.01. The summed E-state index contributed by atoms with van der Waals surface area (Å²) in [6.07, 6.45) is 0.179. The first kappa shape index (κ1) is 15.1. The number of carboxylic acids is 1. The maximum atomic E-state index is 12.5. The van der Waals surface area contributed by atoms with E-state index in [1.807, 2.05) is 0 Å². The number of rotatable bonds is 2. The van der Waals surface area contributed by atoms with Crippen LogP contribution in [0.4, 0.5) is 4.79 Å². The van der Waals surface area contributed by atoms with Crippen LogP contribution in [0.25, 0.3) is 0 Å². The van der Waals surface area contributed by atoms with Crippen molar-refractivity contribution in [3.05, 3.63) is 0 Å². The van der Waals surface area contributed by atoms with E-state index in [2.05, 4.69) is 10.6 Å². The number of hydrogen-bond donors (Lipinski definition) is 3. The van der Waals surface area contributed by atoms with Gasteiger partial charge in [-0.3, -0.25) is 14.4 Å². The number of amides is 4. The predicted molar refractivity (Wildman–Crippen MR) is 70.4 cm³/mol. The number of carbonyl (C=O) groups is 4. The maximum absolute atomic E-state index is 12.5. The molecule has 0 bridgehead atoms. The number of urea groups is 1. The van der Waals surface area contributed by atoms with Gasteiger partial charge in [-0.25, -0.2) is 4.79 Å². The molecule has 0 aromatic heterocycles. The Hall–Kier alpha value is -2.32. The minimum absolute atomic E-state index is 0.0727. The maximum Gasteiger partial charge on any atom is 0.321 e. The fourth-order valence-corrected chi connectivity index (χ4v) is 2.46. The molecule has 0 saturated carbocycles. The molecule has 0 radical (unpaired) electrons. The highest BCUT2D eigenvalue weighted by molar-refractivity contribution is 5.92. The van der Waals surface area contributed by atoms with E-state index in [4.69, 9.17) is 5.11 Å². The van der Waals surface area contributed by atoms with Crippen LogP contribution in [0.2, 0.25) is 0 Å². The Morgan fingerprint density at radius 1 is 1.19 bits per heavy atom. The van der Waals surface area contributed by atoms with Crippen molar-refractivity contribution in [2.45, 2.75) is 18.9 Å². The summed E-state index contributed by atoms with van der Waals surface area (Å²) in [7, 11) is 0. The van der Waals surface area contributed by atoms with Gasteiger partial charge in [0.1, 0.15) is 12.6 Å². The Labute approximate surface area is 121 Å². The topological polar surface area (TPSA) is 119 Å². The highest BCUT2D eigenvalue weighted by Gasteiger charge is 2.37. The number of nitrogens with zero attached hydrogens (tertiary/aromatic N) is 2. The SMILES string of the molecule is O=C(O)CC1C(=O)NCCN1C(=O)N1CCCNC(=O)C1. The van der Waals surface area contributed by atoms with E-state index in [0.717, 1.165) is 0 Å². The summed E-state index contributed by atoms with van der Waals surface area (Å²) in [6, 6.07) is -1.50. The predicted octanol–water partition coefficient (Wildman–Crippen LogP) is -1.80. The molecule has 1 unspecified atom stereocenters. The standard InChI is InChI=1S/C12H18N4O5/c17-9-7-15(4-1-2-13-9)12(21)16-5-3-14-11(20)8(16)6-10(18)19/h8H,1-7H2,(H,13,17)(H,14,20)(H,18,19). The summed E-state index contributed by atoms with van der Waals surface area (Å²) >= 11 is 0. The van der Waals surface area contributed by atoms with E-state index < -0.39 is 30.4 Å². The minimum Gasteiger partial charge on any atom is -0.481 e. The van der Waals surface area contributed by atoms with Gasteiger partial charge in [-0.05, 0) is 6.42 Å². The lowest BCUT2D eigenvalue weighted by Gasteiger charge is -2.37. The van der Waals surface area contributed by atoms with Gasteiger partial charge in [-0.15, -0.1) is 0 Å². The molecule has 2 heterocycles. The van der Waals surface area contributed by atoms with Crippen molar-refractivity contribution in [3.8, 4) is 0 Å². The second kappa shape index (κ2) is 6.42. The Morgan fingerprint density at radius 3 is 2.67 bits per heavy atom. The van der Waals surface area contributed by atoms with Crippen LogP contribution in [0.3, 0.4) is 0 Å². The summed E-state index contributed by atoms with van der Waals surface area (Å²) in [5.41, 5.74) is 0. The number of hydrogen-bond acceptors (Lipinski definition) is 4. The Morgan fingerprint density at radius 2 is 1.95 bits per heavy atom. The van der Waals surface area contributed by atoms with E-state index in [1.54, 1.807) is 0 Å². The molecule has 2 rings (SSSR count). The largest absolute Gasteiger partial charge is 0.481 e. The molecule has 4 amide bonds. The van der Waals surface area contributed by atoms with Crippen LogP contribution in [0, 0.1) is 0 Å². The molecule has 2 fully saturated rings. The number of carbonyl (C=O) groups excluding carboxylic acids is 3. The quantitative estimate of drug-likeness (QED) is 0.556. The molecular formula is C12H18N4O5. The molecular weight excluding hydrogens is 280 g/mol. The van der Waals surface area contributed by atoms with Gasteiger partial charge in [0, 0.05) is 26.2 Å². The van der Waals surface area contributed by atoms with E-state index in [9.17, 15) is 19.2 Å². The third-order valence-electron chi connectivity index (χ3n) is 3.48. The average Bonchev–Trinajstić information content (AvgIpc) is 2.64. The molecule has 2 aliphatic heterocycles. The van der Waals surface area contributed by atoms with Crippen molar-refractivity contribution in [1.29, 1.82) is 0 Å². The second-order valence-electron chi connectivity index (χ2n) is 5.01. The molecule has 0 spiro atoms. The minimum atomic E-state index is -1.15. The average molecular weight is 298 g/mol. The van der Waals surface area contributed by atoms with Crippen LogP contribution in [0.1, 0.15) is 12.8 Å². The molecule has 116 valence electrons. The number of carboxylic acid groups (broad SMARTS) is 1. The highest BCUT2D eigenvalue weighted by atomic mass is 16.4. The third kappa shape index (κ3) is 3.61. The molecule has 0 aromatic carbocycles. The zero-order valence-corrected chi connectivity index (χ0v) is 11.5. The first-order valence-corrected chi connectivity index (χ1v) is 6.81. The number of nitrogens with one attached hydrogen (secondary N) is 2. The number of aliphatic carboxylic acids is 1. The van der Waals surface area contributed by atoms with Gasteiger partial charge in [-0.1, -0.05) is 0 Å². The smallest absolute Gasteiger partial charge is 0.321 e. The molecule has 9 nitrogen and oxygen atoms in total. The molecule has 0 aliphatic carbocycles. The molecule has 2 aliphatic rings. The zero-order valence-electron chi connectivity index (χ0n) is 11.5. The zero-order chi connectivity index (χ0) is 15.4. The van der Waals surface area contributed by atoms with Crippen LogP contribution in [0.15, 0.2) is 0 Å². The lowest BCUT2D eigenvalue weighted by Crippen LogP contribution is -2.60. The normalized spacial score (nSPS) is 23.1. The van der Waals surface area contributed by atoms with E-state index in [0.29, 0.717) is 19.5 Å². The molecule has 1 atom stereocenters. The number of piperazine rings is 1. The lowest BCUT2D eigenvalue weighted by molar-refractivity contribution is -0.142. The molecule has 21 heavy (non-hydrogen) atoms. The van der Waals surface area contributed by atoms with Gasteiger partial charge in [0.05, 0.1) is 6.42 Å². The van der Waals surface area contributed by atoms with Crippen LogP contribution >= 0.6 is 0 Å². The van der Waals surface area contributed by atoms with Crippen LogP contribution in [0.5, 0.6) is 0 Å². The summed E-state index contributed by atoms with van der Waals surface area (Å²) in [4.78, 5) is 49.3. The van der Waals surface area contributed by atoms with Crippen molar-refractivity contribution < 1.29 is 24.3 Å². The molecule has 3 N–H and O–H groups in total. The molecule has 9 heteroatoms. The van der Waals surface area contributed by atoms with Gasteiger partial charge >= 0.3 is 12.0 Å². The first-order valence-electron chi connectivity index (χ1n) is 6.81. The first-order chi connectivity index (χ1) is 9.99. The van der Waals surface area contributed by atoms with E-state index >= 15 is 0 Å². The summed E-state index contributed by atoms with van der Waals surface area (Å²) in [5, 5.41) is 14.1. The summed E-state index contributed by atoms with van der Waals surface area (Å²) in [5.74, 6) is -1.88. The summed E-state index contributed by atoms with van der Waals surface area (Å²) < 4.78 is 0. The fraction of sp³-hybridized carbons (Fsp3) is 0.667. The van der Waals surface area contributed by atoms with E-state index in [1.165, 1.54) is 9.80 Å². The third-order valence-corrected chi connectivity index (χ3v) is 3.48. The monoisotopic (exact) mass is 298 g/mol. The van der Waals surface area contributed by atoms with Crippen molar-refractivity contribution in [1.82, 2.24) is 20.4 Å². The van der Waals surface area contributed by atoms with Gasteiger partial charge in [0.2, 0.25) is 11.8 Å². The van der Waals surface area contributed by atoms with Crippen molar-refractivity contribution >= 4 is 23.8 Å². The Bertz CT molecular complexity index is 467. The fourth-order valence-electron chi connectivity index (χ4n) is 2.46. The van der Waals surface area contributed by atoms with Crippen LogP contribution in [-0.2, 0) is 14.4 Å². The Kier molecular flexibility index (Phi) is 4.61. The van der Waals surface area contributed by atoms with E-state index in [-0.39, 0.29) is 25.5 Å². The van der Waals surface area contributed by atoms with Gasteiger partial charge in [-0.2, -0.15) is 0 Å². The van der Waals surface area contributed by atoms with Crippen molar-refractivity contribution in [2.24, 2.45) is 0 Å².